The van der Waals surface area contributed by atoms with Gasteiger partial charge in [-0.05, 0) is 38.5 Å². The summed E-state index contributed by atoms with van der Waals surface area (Å²) >= 11 is 0. The zero-order chi connectivity index (χ0) is 8.48. The summed E-state index contributed by atoms with van der Waals surface area (Å²) in [5.41, 5.74) is 3.17. The Morgan fingerprint density at radius 1 is 1.36 bits per heavy atom. The molecule has 1 aliphatic rings. The van der Waals surface area contributed by atoms with Gasteiger partial charge in [0.15, 0.2) is 0 Å². The molecule has 1 rings (SSSR count). The SMILES string of the molecule is CC1=C(C)C[C@](C)(CO)CC1. The highest BCUT2D eigenvalue weighted by Gasteiger charge is 2.27. The van der Waals surface area contributed by atoms with Gasteiger partial charge < -0.3 is 5.11 Å². The zero-order valence-electron chi connectivity index (χ0n) is 7.78. The van der Waals surface area contributed by atoms with Crippen molar-refractivity contribution in [2.75, 3.05) is 6.61 Å². The summed E-state index contributed by atoms with van der Waals surface area (Å²) in [4.78, 5) is 0. The quantitative estimate of drug-likeness (QED) is 0.575. The smallest absolute Gasteiger partial charge is 0.0487 e. The van der Waals surface area contributed by atoms with Gasteiger partial charge in [-0.1, -0.05) is 18.1 Å². The minimum absolute atomic E-state index is 0.170. The van der Waals surface area contributed by atoms with E-state index in [1.165, 1.54) is 17.6 Å². The minimum Gasteiger partial charge on any atom is -0.396 e. The highest BCUT2D eigenvalue weighted by atomic mass is 16.3. The van der Waals surface area contributed by atoms with Crippen LogP contribution < -0.4 is 0 Å². The van der Waals surface area contributed by atoms with Crippen LogP contribution in [0.4, 0.5) is 0 Å². The summed E-state index contributed by atoms with van der Waals surface area (Å²) in [6, 6.07) is 0. The Morgan fingerprint density at radius 3 is 2.45 bits per heavy atom. The van der Waals surface area contributed by atoms with E-state index in [1.54, 1.807) is 0 Å². The molecular formula is C10H18O. The van der Waals surface area contributed by atoms with E-state index in [0.717, 1.165) is 12.8 Å². The van der Waals surface area contributed by atoms with Gasteiger partial charge in [0.05, 0.1) is 0 Å². The van der Waals surface area contributed by atoms with Gasteiger partial charge in [0.1, 0.15) is 0 Å². The summed E-state index contributed by atoms with van der Waals surface area (Å²) < 4.78 is 0. The molecule has 0 unspecified atom stereocenters. The Balaban J connectivity index is 2.71. The van der Waals surface area contributed by atoms with E-state index < -0.39 is 0 Å². The lowest BCUT2D eigenvalue weighted by atomic mass is 9.74. The van der Waals surface area contributed by atoms with Gasteiger partial charge in [-0.15, -0.1) is 0 Å². The van der Waals surface area contributed by atoms with Crippen molar-refractivity contribution in [3.63, 3.8) is 0 Å². The number of hydrogen-bond donors (Lipinski definition) is 1. The summed E-state index contributed by atoms with van der Waals surface area (Å²) in [6.45, 7) is 6.88. The van der Waals surface area contributed by atoms with E-state index in [2.05, 4.69) is 20.8 Å². The van der Waals surface area contributed by atoms with E-state index >= 15 is 0 Å². The second-order valence-corrected chi connectivity index (χ2v) is 4.21. The molecule has 0 saturated heterocycles. The lowest BCUT2D eigenvalue weighted by Gasteiger charge is -2.32. The fraction of sp³-hybridized carbons (Fsp3) is 0.800. The van der Waals surface area contributed by atoms with Crippen molar-refractivity contribution in [1.29, 1.82) is 0 Å². The molecule has 0 heterocycles. The topological polar surface area (TPSA) is 20.2 Å². The highest BCUT2D eigenvalue weighted by Crippen LogP contribution is 2.38. The molecule has 0 saturated carbocycles. The van der Waals surface area contributed by atoms with Crippen LogP contribution in [0.15, 0.2) is 11.1 Å². The second kappa shape index (κ2) is 2.98. The van der Waals surface area contributed by atoms with Crippen LogP contribution in [0, 0.1) is 5.41 Å². The van der Waals surface area contributed by atoms with E-state index in [1.807, 2.05) is 0 Å². The second-order valence-electron chi connectivity index (χ2n) is 4.21. The number of aliphatic hydroxyl groups excluding tert-OH is 1. The van der Waals surface area contributed by atoms with Gasteiger partial charge in [0, 0.05) is 6.61 Å². The molecule has 0 amide bonds. The first-order chi connectivity index (χ1) is 5.07. The van der Waals surface area contributed by atoms with Crippen LogP contribution >= 0.6 is 0 Å². The standard InChI is InChI=1S/C10H18O/c1-8-4-5-10(3,7-11)6-9(8)2/h11H,4-7H2,1-3H3/t10-/m1/s1. The van der Waals surface area contributed by atoms with E-state index in [9.17, 15) is 0 Å². The van der Waals surface area contributed by atoms with Crippen LogP contribution in [-0.2, 0) is 0 Å². The predicted molar refractivity (Wildman–Crippen MR) is 47.4 cm³/mol. The highest BCUT2D eigenvalue weighted by molar-refractivity contribution is 5.15. The molecule has 0 aliphatic heterocycles. The van der Waals surface area contributed by atoms with Gasteiger partial charge in [-0.3, -0.25) is 0 Å². The third kappa shape index (κ3) is 1.84. The van der Waals surface area contributed by atoms with Gasteiger partial charge in [-0.25, -0.2) is 0 Å². The Hall–Kier alpha value is -0.300. The zero-order valence-corrected chi connectivity index (χ0v) is 7.78. The minimum atomic E-state index is 0.170. The molecule has 0 spiro atoms. The lowest BCUT2D eigenvalue weighted by molar-refractivity contribution is 0.126. The van der Waals surface area contributed by atoms with Crippen molar-refractivity contribution in [2.45, 2.75) is 40.0 Å². The first-order valence-corrected chi connectivity index (χ1v) is 4.33. The molecule has 1 atom stereocenters. The van der Waals surface area contributed by atoms with E-state index in [4.69, 9.17) is 5.11 Å². The average molecular weight is 154 g/mol. The van der Waals surface area contributed by atoms with Crippen molar-refractivity contribution in [1.82, 2.24) is 0 Å². The maximum Gasteiger partial charge on any atom is 0.0487 e. The van der Waals surface area contributed by atoms with Crippen LogP contribution in [0.5, 0.6) is 0 Å². The summed E-state index contributed by atoms with van der Waals surface area (Å²) in [7, 11) is 0. The van der Waals surface area contributed by atoms with Crippen LogP contribution in [0.3, 0.4) is 0 Å². The number of allylic oxidation sites excluding steroid dienone is 2. The molecule has 1 aliphatic carbocycles. The third-order valence-corrected chi connectivity index (χ3v) is 2.91. The van der Waals surface area contributed by atoms with E-state index in [-0.39, 0.29) is 5.41 Å². The number of rotatable bonds is 1. The largest absolute Gasteiger partial charge is 0.396 e. The molecule has 1 N–H and O–H groups in total. The molecule has 0 aromatic heterocycles. The Labute approximate surface area is 69.1 Å². The molecule has 0 aromatic rings. The monoisotopic (exact) mass is 154 g/mol. The Kier molecular flexibility index (Phi) is 2.38. The van der Waals surface area contributed by atoms with Crippen molar-refractivity contribution in [3.05, 3.63) is 11.1 Å². The van der Waals surface area contributed by atoms with Gasteiger partial charge >= 0.3 is 0 Å². The molecule has 11 heavy (non-hydrogen) atoms. The van der Waals surface area contributed by atoms with Crippen molar-refractivity contribution >= 4 is 0 Å². The molecule has 64 valence electrons. The molecule has 0 aromatic carbocycles. The Morgan fingerprint density at radius 2 is 2.00 bits per heavy atom. The number of aliphatic hydroxyl groups is 1. The van der Waals surface area contributed by atoms with E-state index in [0.29, 0.717) is 6.61 Å². The number of hydrogen-bond acceptors (Lipinski definition) is 1. The predicted octanol–water partition coefficient (Wildman–Crippen LogP) is 2.51. The van der Waals surface area contributed by atoms with Crippen LogP contribution in [0.2, 0.25) is 0 Å². The molecular weight excluding hydrogens is 136 g/mol. The molecule has 1 nitrogen and oxygen atoms in total. The first-order valence-electron chi connectivity index (χ1n) is 4.33. The summed E-state index contributed by atoms with van der Waals surface area (Å²) in [6.07, 6.45) is 3.39. The average Bonchev–Trinajstić information content (AvgIpc) is 1.98. The Bertz CT molecular complexity index is 181. The van der Waals surface area contributed by atoms with Crippen molar-refractivity contribution in [2.24, 2.45) is 5.41 Å². The van der Waals surface area contributed by atoms with Crippen LogP contribution in [-0.4, -0.2) is 11.7 Å². The summed E-state index contributed by atoms with van der Waals surface area (Å²) in [5.74, 6) is 0. The van der Waals surface area contributed by atoms with Gasteiger partial charge in [0.25, 0.3) is 0 Å². The van der Waals surface area contributed by atoms with Gasteiger partial charge in [-0.2, -0.15) is 0 Å². The maximum atomic E-state index is 9.13. The molecule has 0 radical (unpaired) electrons. The lowest BCUT2D eigenvalue weighted by Crippen LogP contribution is -2.25. The van der Waals surface area contributed by atoms with Crippen molar-refractivity contribution < 1.29 is 5.11 Å². The van der Waals surface area contributed by atoms with Gasteiger partial charge in [0.2, 0.25) is 0 Å². The van der Waals surface area contributed by atoms with Crippen LogP contribution in [0.1, 0.15) is 40.0 Å². The third-order valence-electron chi connectivity index (χ3n) is 2.91. The van der Waals surface area contributed by atoms with Crippen molar-refractivity contribution in [3.8, 4) is 0 Å². The molecule has 1 heteroatoms. The first kappa shape index (κ1) is 8.79. The summed E-state index contributed by atoms with van der Waals surface area (Å²) in [5, 5.41) is 9.13. The normalized spacial score (nSPS) is 32.7. The fourth-order valence-electron chi connectivity index (χ4n) is 1.72. The fourth-order valence-corrected chi connectivity index (χ4v) is 1.72. The maximum absolute atomic E-state index is 9.13. The molecule has 0 fully saturated rings. The van der Waals surface area contributed by atoms with Crippen LogP contribution in [0.25, 0.3) is 0 Å². The molecule has 0 bridgehead atoms.